The Kier molecular flexibility index (Phi) is 7.86. The van der Waals surface area contributed by atoms with E-state index in [9.17, 15) is 20.0 Å². The van der Waals surface area contributed by atoms with E-state index in [2.05, 4.69) is 37.8 Å². The van der Waals surface area contributed by atoms with Gasteiger partial charge in [-0.3, -0.25) is 9.69 Å². The van der Waals surface area contributed by atoms with E-state index in [1.807, 2.05) is 31.2 Å². The highest BCUT2D eigenvalue weighted by Crippen LogP contribution is 2.82. The van der Waals surface area contributed by atoms with E-state index in [-0.39, 0.29) is 36.6 Å². The van der Waals surface area contributed by atoms with Gasteiger partial charge in [0.25, 0.3) is 0 Å². The number of carboxylic acids is 1. The van der Waals surface area contributed by atoms with Crippen LogP contribution in [0.1, 0.15) is 64.5 Å². The van der Waals surface area contributed by atoms with Crippen LogP contribution >= 0.6 is 0 Å². The third-order valence-electron chi connectivity index (χ3n) is 12.2. The zero-order valence-corrected chi connectivity index (χ0v) is 26.1. The van der Waals surface area contributed by atoms with Crippen molar-refractivity contribution in [3.05, 3.63) is 47.0 Å². The maximum atomic E-state index is 13.8. The molecule has 232 valence electrons. The second-order valence-corrected chi connectivity index (χ2v) is 14.3. The van der Waals surface area contributed by atoms with Gasteiger partial charge in [-0.1, -0.05) is 51.0 Å². The lowest BCUT2D eigenvalue weighted by Gasteiger charge is -2.58. The fourth-order valence-corrected chi connectivity index (χ4v) is 10.4. The predicted octanol–water partition coefficient (Wildman–Crippen LogP) is 5.06. The maximum absolute atomic E-state index is 13.8. The molecule has 3 saturated carbocycles. The number of hydrogen-bond acceptors (Lipinski definition) is 7. The number of allylic oxidation sites excluding steroid dienone is 1. The van der Waals surface area contributed by atoms with E-state index in [1.165, 1.54) is 0 Å². The molecule has 4 unspecified atom stereocenters. The summed E-state index contributed by atoms with van der Waals surface area (Å²) in [4.78, 5) is 29.3. The number of nitrogens with zero attached hydrogens (tertiary/aromatic N) is 2. The zero-order chi connectivity index (χ0) is 30.7. The van der Waals surface area contributed by atoms with Gasteiger partial charge in [-0.2, -0.15) is 5.26 Å². The van der Waals surface area contributed by atoms with Crippen molar-refractivity contribution in [3.63, 3.8) is 0 Å². The number of benzene rings is 1. The van der Waals surface area contributed by atoms with Crippen LogP contribution in [0.5, 0.6) is 0 Å². The van der Waals surface area contributed by atoms with Crippen LogP contribution in [0.25, 0.3) is 0 Å². The minimum absolute atomic E-state index is 0.0197. The van der Waals surface area contributed by atoms with Crippen LogP contribution in [0.3, 0.4) is 0 Å². The van der Waals surface area contributed by atoms with Gasteiger partial charge in [-0.25, -0.2) is 0 Å². The van der Waals surface area contributed by atoms with Crippen LogP contribution in [0.15, 0.2) is 35.9 Å². The summed E-state index contributed by atoms with van der Waals surface area (Å²) in [5, 5.41) is 20.5. The molecule has 1 N–H and O–H groups in total. The monoisotopic (exact) mass is 590 g/mol. The van der Waals surface area contributed by atoms with Gasteiger partial charge in [-0.05, 0) is 73.5 Å². The molecule has 43 heavy (non-hydrogen) atoms. The maximum Gasteiger partial charge on any atom is 0.315 e. The lowest BCUT2D eigenvalue weighted by atomic mass is 9.43. The van der Waals surface area contributed by atoms with Crippen LogP contribution < -0.4 is 0 Å². The van der Waals surface area contributed by atoms with Gasteiger partial charge in [0.2, 0.25) is 0 Å². The van der Waals surface area contributed by atoms with E-state index in [0.717, 1.165) is 36.7 Å². The molecule has 1 saturated heterocycles. The molecule has 1 aromatic carbocycles. The number of hydrogen-bond donors (Lipinski definition) is 1. The molecule has 4 aliphatic carbocycles. The quantitative estimate of drug-likeness (QED) is 0.314. The number of carbonyl (C=O) groups excluding carboxylic acids is 1. The number of aldehydes is 1. The number of ether oxygens (including phenoxy) is 3. The number of carbonyl (C=O) groups is 2. The summed E-state index contributed by atoms with van der Waals surface area (Å²) >= 11 is 0. The van der Waals surface area contributed by atoms with E-state index >= 15 is 0 Å². The van der Waals surface area contributed by atoms with Gasteiger partial charge in [0.1, 0.15) is 11.7 Å². The molecule has 1 heterocycles. The molecule has 1 aromatic rings. The largest absolute Gasteiger partial charge is 0.481 e. The van der Waals surface area contributed by atoms with Crippen LogP contribution in [0, 0.1) is 57.2 Å². The van der Waals surface area contributed by atoms with Gasteiger partial charge in [-0.15, -0.1) is 0 Å². The Morgan fingerprint density at radius 2 is 1.95 bits per heavy atom. The molecule has 0 amide bonds. The van der Waals surface area contributed by atoms with Crippen molar-refractivity contribution >= 4 is 12.3 Å². The number of rotatable bonds is 9. The van der Waals surface area contributed by atoms with Gasteiger partial charge < -0.3 is 24.1 Å². The Labute approximate surface area is 255 Å². The first kappa shape index (κ1) is 30.5. The summed E-state index contributed by atoms with van der Waals surface area (Å²) in [6, 6.07) is 9.76. The highest BCUT2D eigenvalue weighted by molar-refractivity contribution is 5.90. The van der Waals surface area contributed by atoms with Gasteiger partial charge in [0.15, 0.2) is 6.29 Å². The summed E-state index contributed by atoms with van der Waals surface area (Å²) in [5.41, 5.74) is -0.250. The Morgan fingerprint density at radius 3 is 2.58 bits per heavy atom. The Bertz CT molecular complexity index is 1320. The number of nitriles is 1. The molecule has 4 fully saturated rings. The number of methoxy groups -OCH3 is 1. The van der Waals surface area contributed by atoms with Crippen LogP contribution in [-0.4, -0.2) is 67.6 Å². The molecule has 0 radical (unpaired) electrons. The normalized spacial score (nSPS) is 41.9. The van der Waals surface area contributed by atoms with Gasteiger partial charge >= 0.3 is 5.97 Å². The average molecular weight is 591 g/mol. The minimum atomic E-state index is -1.26. The Morgan fingerprint density at radius 1 is 1.21 bits per heavy atom. The summed E-state index contributed by atoms with van der Waals surface area (Å²) < 4.78 is 19.0. The van der Waals surface area contributed by atoms with Crippen molar-refractivity contribution in [1.82, 2.24) is 4.90 Å². The smallest absolute Gasteiger partial charge is 0.315 e. The molecule has 1 aliphatic heterocycles. The molecule has 4 bridgehead atoms. The summed E-state index contributed by atoms with van der Waals surface area (Å²) in [6.45, 7) is 10.4. The van der Waals surface area contributed by atoms with Crippen LogP contribution in [-0.2, 0) is 30.3 Å². The van der Waals surface area contributed by atoms with E-state index in [1.54, 1.807) is 7.11 Å². The molecular formula is C35H46N2O6. The fraction of sp³-hybridized carbons (Fsp3) is 0.686. The van der Waals surface area contributed by atoms with E-state index in [4.69, 9.17) is 14.2 Å². The van der Waals surface area contributed by atoms with Crippen LogP contribution in [0.2, 0.25) is 0 Å². The van der Waals surface area contributed by atoms with Crippen molar-refractivity contribution < 1.29 is 28.9 Å². The molecule has 8 heteroatoms. The summed E-state index contributed by atoms with van der Waals surface area (Å²) in [5.74, 6) is -0.00151. The molecule has 10 atom stereocenters. The molecular weight excluding hydrogens is 544 g/mol. The first-order valence-corrected chi connectivity index (χ1v) is 16.0. The highest BCUT2D eigenvalue weighted by Gasteiger charge is 2.84. The molecule has 0 spiro atoms. The SMILES string of the molecule is CO[C@H]1CN(Cc2ccc(C#N)cc2)C[C@H](OCC23C[C@@H]4[C@H](C)CC[C@H]4C4(C=O)CC2C=C(C(C)C)C34C(=O)O)O[C@@H]1C. The number of fused-ring (bicyclic) bond motifs is 2. The average Bonchev–Trinajstić information content (AvgIpc) is 3.51. The predicted molar refractivity (Wildman–Crippen MR) is 160 cm³/mol. The minimum Gasteiger partial charge on any atom is -0.481 e. The van der Waals surface area contributed by atoms with E-state index < -0.39 is 28.5 Å². The first-order chi connectivity index (χ1) is 20.6. The molecule has 6 rings (SSSR count). The third-order valence-corrected chi connectivity index (χ3v) is 12.2. The number of carboxylic acid groups (broad SMARTS) is 1. The molecule has 8 nitrogen and oxygen atoms in total. The van der Waals surface area contributed by atoms with Crippen molar-refractivity contribution in [3.8, 4) is 6.07 Å². The lowest BCUT2D eigenvalue weighted by Crippen LogP contribution is -2.63. The van der Waals surface area contributed by atoms with Gasteiger partial charge in [0, 0.05) is 32.2 Å². The molecule has 0 aromatic heterocycles. The standard InChI is InChI=1S/C35H46N2O6/c1-21(2)29-12-26-13-33(19-38)28-11-6-22(3)27(28)14-34(26,35(29,33)32(39)40)20-42-31-18-37(17-30(41-5)23(4)43-31)16-25-9-7-24(15-36)8-10-25/h7-10,12,19,21-23,26-28,30-31H,6,11,13-14,16-18,20H2,1-5H3,(H,39,40)/t22-,23-,26?,27-,28-,30+,31-,33?,34?,35?/m1/s1. The topological polar surface area (TPSA) is 109 Å². The Hall–Kier alpha value is -2.57. The second kappa shape index (κ2) is 11.1. The lowest BCUT2D eigenvalue weighted by molar-refractivity contribution is -0.220. The highest BCUT2D eigenvalue weighted by atomic mass is 16.7. The number of aliphatic carboxylic acids is 1. The second-order valence-electron chi connectivity index (χ2n) is 14.3. The zero-order valence-electron chi connectivity index (χ0n) is 26.1. The summed E-state index contributed by atoms with van der Waals surface area (Å²) in [7, 11) is 1.69. The van der Waals surface area contributed by atoms with Gasteiger partial charge in [0.05, 0.1) is 35.9 Å². The summed E-state index contributed by atoms with van der Waals surface area (Å²) in [6.07, 6.45) is 5.61. The van der Waals surface area contributed by atoms with E-state index in [0.29, 0.717) is 43.5 Å². The third kappa shape index (κ3) is 4.29. The first-order valence-electron chi connectivity index (χ1n) is 16.0. The Balaban J connectivity index is 1.32. The van der Waals surface area contributed by atoms with Crippen LogP contribution in [0.4, 0.5) is 0 Å². The fourth-order valence-electron chi connectivity index (χ4n) is 10.4. The van der Waals surface area contributed by atoms with Crippen molar-refractivity contribution in [2.45, 2.75) is 78.4 Å². The van der Waals surface area contributed by atoms with Crippen molar-refractivity contribution in [1.29, 1.82) is 5.26 Å². The molecule has 5 aliphatic rings. The van der Waals surface area contributed by atoms with Crippen molar-refractivity contribution in [2.75, 3.05) is 26.8 Å². The van der Waals surface area contributed by atoms with Crippen molar-refractivity contribution in [2.24, 2.45) is 45.8 Å².